The minimum absolute atomic E-state index is 0.0847. The van der Waals surface area contributed by atoms with Crippen LogP contribution < -0.4 is 0 Å². The van der Waals surface area contributed by atoms with E-state index >= 15 is 0 Å². The summed E-state index contributed by atoms with van der Waals surface area (Å²) in [5, 5.41) is 11.8. The van der Waals surface area contributed by atoms with Gasteiger partial charge < -0.3 is 9.63 Å². The molecule has 5 nitrogen and oxygen atoms in total. The minimum Gasteiger partial charge on any atom is -0.478 e. The van der Waals surface area contributed by atoms with Gasteiger partial charge in [-0.2, -0.15) is 4.98 Å². The fourth-order valence-electron chi connectivity index (χ4n) is 1.04. The average Bonchev–Trinajstić information content (AvgIpc) is 2.68. The summed E-state index contributed by atoms with van der Waals surface area (Å²) >= 11 is 0. The van der Waals surface area contributed by atoms with Crippen molar-refractivity contribution >= 4 is 12.0 Å². The lowest BCUT2D eigenvalue weighted by atomic mass is 10.4. The Morgan fingerprint density at radius 3 is 3.00 bits per heavy atom. The number of nitrogens with zero attached hydrogens (tertiary/aromatic N) is 2. The number of alkyl halides is 1. The Morgan fingerprint density at radius 1 is 1.71 bits per heavy atom. The molecule has 1 saturated carbocycles. The van der Waals surface area contributed by atoms with Crippen molar-refractivity contribution in [3.05, 3.63) is 17.8 Å². The molecule has 6 heteroatoms. The lowest BCUT2D eigenvalue weighted by molar-refractivity contribution is -0.131. The summed E-state index contributed by atoms with van der Waals surface area (Å²) < 4.78 is 17.2. The van der Waals surface area contributed by atoms with E-state index in [9.17, 15) is 9.18 Å². The van der Waals surface area contributed by atoms with Crippen LogP contribution in [0.2, 0.25) is 0 Å². The molecule has 0 saturated heterocycles. The lowest BCUT2D eigenvalue weighted by Gasteiger charge is -1.80. The Labute approximate surface area is 78.2 Å². The predicted molar refractivity (Wildman–Crippen MR) is 43.2 cm³/mol. The van der Waals surface area contributed by atoms with Gasteiger partial charge in [-0.25, -0.2) is 9.18 Å². The minimum atomic E-state index is -1.10. The van der Waals surface area contributed by atoms with Gasteiger partial charge in [0.15, 0.2) is 5.82 Å². The maximum Gasteiger partial charge on any atom is 0.328 e. The van der Waals surface area contributed by atoms with Gasteiger partial charge in [0.1, 0.15) is 6.17 Å². The van der Waals surface area contributed by atoms with Crippen molar-refractivity contribution in [2.75, 3.05) is 0 Å². The Kier molecular flexibility index (Phi) is 2.03. The molecule has 14 heavy (non-hydrogen) atoms. The smallest absolute Gasteiger partial charge is 0.328 e. The van der Waals surface area contributed by atoms with Gasteiger partial charge in [-0.1, -0.05) is 5.16 Å². The van der Waals surface area contributed by atoms with E-state index in [1.807, 2.05) is 0 Å². The SMILES string of the molecule is O=C(O)/C=C/c1nc([C@H]2C[C@@H]2F)no1. The van der Waals surface area contributed by atoms with Crippen LogP contribution in [-0.4, -0.2) is 27.4 Å². The van der Waals surface area contributed by atoms with E-state index in [0.29, 0.717) is 12.2 Å². The average molecular weight is 198 g/mol. The van der Waals surface area contributed by atoms with E-state index < -0.39 is 12.1 Å². The van der Waals surface area contributed by atoms with Crippen molar-refractivity contribution in [3.8, 4) is 0 Å². The van der Waals surface area contributed by atoms with Crippen LogP contribution in [0.5, 0.6) is 0 Å². The molecule has 0 unspecified atom stereocenters. The first kappa shape index (κ1) is 8.86. The second-order valence-corrected chi connectivity index (χ2v) is 3.02. The van der Waals surface area contributed by atoms with Gasteiger partial charge in [0, 0.05) is 12.2 Å². The third-order valence-electron chi connectivity index (χ3n) is 1.87. The molecule has 1 heterocycles. The van der Waals surface area contributed by atoms with E-state index in [0.717, 1.165) is 6.08 Å². The predicted octanol–water partition coefficient (Wildman–Crippen LogP) is 0.993. The molecule has 0 bridgehead atoms. The van der Waals surface area contributed by atoms with Crippen molar-refractivity contribution in [1.29, 1.82) is 0 Å². The molecule has 0 radical (unpaired) electrons. The summed E-state index contributed by atoms with van der Waals surface area (Å²) in [7, 11) is 0. The summed E-state index contributed by atoms with van der Waals surface area (Å²) in [4.78, 5) is 14.0. The number of aliphatic carboxylic acids is 1. The first-order chi connectivity index (χ1) is 6.66. The van der Waals surface area contributed by atoms with Gasteiger partial charge >= 0.3 is 5.97 Å². The molecular formula is C8H7FN2O3. The normalized spacial score (nSPS) is 25.5. The van der Waals surface area contributed by atoms with E-state index in [2.05, 4.69) is 14.7 Å². The van der Waals surface area contributed by atoms with Crippen LogP contribution in [0.25, 0.3) is 6.08 Å². The van der Waals surface area contributed by atoms with Gasteiger partial charge in [0.25, 0.3) is 5.89 Å². The third kappa shape index (κ3) is 1.78. The summed E-state index contributed by atoms with van der Waals surface area (Å²) in [6.45, 7) is 0. The number of rotatable bonds is 3. The van der Waals surface area contributed by atoms with Crippen molar-refractivity contribution in [1.82, 2.24) is 10.1 Å². The highest BCUT2D eigenvalue weighted by Crippen LogP contribution is 2.41. The quantitative estimate of drug-likeness (QED) is 0.733. The first-order valence-electron chi connectivity index (χ1n) is 4.05. The van der Waals surface area contributed by atoms with Crippen molar-refractivity contribution in [2.24, 2.45) is 0 Å². The second-order valence-electron chi connectivity index (χ2n) is 3.02. The van der Waals surface area contributed by atoms with Gasteiger partial charge in [-0.15, -0.1) is 0 Å². The van der Waals surface area contributed by atoms with Gasteiger partial charge in [-0.3, -0.25) is 0 Å². The largest absolute Gasteiger partial charge is 0.478 e. The molecule has 1 aromatic heterocycles. The molecule has 2 atom stereocenters. The van der Waals surface area contributed by atoms with E-state index in [-0.39, 0.29) is 11.8 Å². The zero-order chi connectivity index (χ0) is 10.1. The van der Waals surface area contributed by atoms with Crippen molar-refractivity contribution in [2.45, 2.75) is 18.5 Å². The molecule has 0 aromatic carbocycles. The van der Waals surface area contributed by atoms with Gasteiger partial charge in [-0.05, 0) is 6.42 Å². The number of halogens is 1. The van der Waals surface area contributed by atoms with Crippen LogP contribution in [-0.2, 0) is 4.79 Å². The molecule has 0 aliphatic heterocycles. The number of carbonyl (C=O) groups is 1. The Morgan fingerprint density at radius 2 is 2.43 bits per heavy atom. The molecule has 0 amide bonds. The van der Waals surface area contributed by atoms with Crippen LogP contribution >= 0.6 is 0 Å². The summed E-state index contributed by atoms with van der Waals surface area (Å²) in [5.74, 6) is -0.977. The highest BCUT2D eigenvalue weighted by atomic mass is 19.1. The van der Waals surface area contributed by atoms with E-state index in [4.69, 9.17) is 5.11 Å². The summed E-state index contributed by atoms with van der Waals surface area (Å²) in [5.41, 5.74) is 0. The van der Waals surface area contributed by atoms with Crippen LogP contribution in [0.15, 0.2) is 10.6 Å². The maximum atomic E-state index is 12.6. The van der Waals surface area contributed by atoms with Crippen LogP contribution in [0.3, 0.4) is 0 Å². The molecule has 2 rings (SSSR count). The van der Waals surface area contributed by atoms with E-state index in [1.165, 1.54) is 6.08 Å². The standard InChI is InChI=1S/C8H7FN2O3/c9-5-3-4(5)8-10-6(14-11-8)1-2-7(12)13/h1-2,4-5H,3H2,(H,12,13)/b2-1+/t4-,5-/m0/s1. The second kappa shape index (κ2) is 3.21. The molecule has 1 aromatic rings. The summed E-state index contributed by atoms with van der Waals surface area (Å²) in [6.07, 6.45) is 1.59. The topological polar surface area (TPSA) is 76.2 Å². The highest BCUT2D eigenvalue weighted by Gasteiger charge is 2.42. The fraction of sp³-hybridized carbons (Fsp3) is 0.375. The zero-order valence-corrected chi connectivity index (χ0v) is 7.05. The number of hydrogen-bond acceptors (Lipinski definition) is 4. The van der Waals surface area contributed by atoms with Crippen LogP contribution in [0.4, 0.5) is 4.39 Å². The Bertz CT molecular complexity index is 388. The first-order valence-corrected chi connectivity index (χ1v) is 4.05. The molecule has 74 valence electrons. The maximum absolute atomic E-state index is 12.6. The molecule has 1 aliphatic carbocycles. The van der Waals surface area contributed by atoms with Crippen LogP contribution in [0.1, 0.15) is 24.1 Å². The van der Waals surface area contributed by atoms with Gasteiger partial charge in [0.05, 0.1) is 5.92 Å². The highest BCUT2D eigenvalue weighted by molar-refractivity contribution is 5.84. The monoisotopic (exact) mass is 198 g/mol. The van der Waals surface area contributed by atoms with E-state index in [1.54, 1.807) is 0 Å². The molecule has 1 aliphatic rings. The van der Waals surface area contributed by atoms with Crippen molar-refractivity contribution in [3.63, 3.8) is 0 Å². The Hall–Kier alpha value is -1.72. The molecule has 0 spiro atoms. The molecule has 1 N–H and O–H groups in total. The van der Waals surface area contributed by atoms with Crippen LogP contribution in [0, 0.1) is 0 Å². The Balaban J connectivity index is 2.06. The molecule has 1 fully saturated rings. The lowest BCUT2D eigenvalue weighted by Crippen LogP contribution is -1.87. The number of carboxylic acids is 1. The van der Waals surface area contributed by atoms with Crippen molar-refractivity contribution < 1.29 is 18.8 Å². The third-order valence-corrected chi connectivity index (χ3v) is 1.87. The summed E-state index contributed by atoms with van der Waals surface area (Å²) in [6, 6.07) is 0. The number of aromatic nitrogens is 2. The van der Waals surface area contributed by atoms with Gasteiger partial charge in [0.2, 0.25) is 0 Å². The number of hydrogen-bond donors (Lipinski definition) is 1. The fourth-order valence-corrected chi connectivity index (χ4v) is 1.04. The number of carboxylic acid groups (broad SMARTS) is 1. The molecular weight excluding hydrogens is 191 g/mol. The zero-order valence-electron chi connectivity index (χ0n) is 7.05.